The van der Waals surface area contributed by atoms with Crippen LogP contribution in [0.1, 0.15) is 31.1 Å². The van der Waals surface area contributed by atoms with Crippen molar-refractivity contribution in [2.45, 2.75) is 26.4 Å². The van der Waals surface area contributed by atoms with Crippen molar-refractivity contribution < 1.29 is 14.3 Å². The Hall–Kier alpha value is -1.87. The third kappa shape index (κ3) is 6.17. The van der Waals surface area contributed by atoms with E-state index in [0.717, 1.165) is 3.57 Å². The minimum absolute atomic E-state index is 0.290. The van der Waals surface area contributed by atoms with Gasteiger partial charge in [0.25, 0.3) is 5.91 Å². The molecule has 0 fully saturated rings. The first kappa shape index (κ1) is 19.5. The largest absolute Gasteiger partial charge is 0.444 e. The molecule has 2 aromatic rings. The van der Waals surface area contributed by atoms with Crippen LogP contribution < -0.4 is 10.6 Å². The van der Waals surface area contributed by atoms with E-state index in [1.807, 2.05) is 0 Å². The smallest absolute Gasteiger partial charge is 0.413 e. The molecule has 0 spiro atoms. The van der Waals surface area contributed by atoms with Crippen LogP contribution in [0, 0.1) is 3.57 Å². The summed E-state index contributed by atoms with van der Waals surface area (Å²) in [5, 5.41) is 5.75. The Kier molecular flexibility index (Phi) is 6.23. The molecule has 2 N–H and O–H groups in total. The predicted molar refractivity (Wildman–Crippen MR) is 106 cm³/mol. The summed E-state index contributed by atoms with van der Waals surface area (Å²) in [5.41, 5.74) is 0.381. The Balaban J connectivity index is 2.01. The van der Waals surface area contributed by atoms with Crippen LogP contribution in [0.2, 0.25) is 5.02 Å². The number of hydrogen-bond acceptors (Lipinski definition) is 4. The molecular weight excluding hydrogens is 457 g/mol. The van der Waals surface area contributed by atoms with E-state index in [0.29, 0.717) is 22.1 Å². The minimum atomic E-state index is -0.592. The lowest BCUT2D eigenvalue weighted by Crippen LogP contribution is -2.27. The number of anilines is 2. The highest BCUT2D eigenvalue weighted by molar-refractivity contribution is 14.1. The first-order valence-electron chi connectivity index (χ1n) is 7.36. The molecule has 1 heterocycles. The lowest BCUT2D eigenvalue weighted by molar-refractivity contribution is 0.0635. The SMILES string of the molecule is CC(C)(C)OC(=O)Nc1ccc(NC(=O)c2cc(Cl)ccc2I)cn1. The summed E-state index contributed by atoms with van der Waals surface area (Å²) in [7, 11) is 0. The number of nitrogens with zero attached hydrogens (tertiary/aromatic N) is 1. The van der Waals surface area contributed by atoms with E-state index in [1.54, 1.807) is 51.1 Å². The van der Waals surface area contributed by atoms with Crippen LogP contribution in [0.3, 0.4) is 0 Å². The first-order chi connectivity index (χ1) is 11.6. The Bertz CT molecular complexity index is 789. The molecule has 0 saturated carbocycles. The molecule has 2 amide bonds. The van der Waals surface area contributed by atoms with Crippen molar-refractivity contribution in [3.8, 4) is 0 Å². The van der Waals surface area contributed by atoms with Crippen LogP contribution in [-0.2, 0) is 4.74 Å². The van der Waals surface area contributed by atoms with Crippen molar-refractivity contribution in [2.75, 3.05) is 10.6 Å². The van der Waals surface area contributed by atoms with Crippen LogP contribution in [0.5, 0.6) is 0 Å². The van der Waals surface area contributed by atoms with Gasteiger partial charge in [-0.15, -0.1) is 0 Å². The molecule has 132 valence electrons. The van der Waals surface area contributed by atoms with E-state index in [9.17, 15) is 9.59 Å². The fraction of sp³-hybridized carbons (Fsp3) is 0.235. The Labute approximate surface area is 164 Å². The highest BCUT2D eigenvalue weighted by atomic mass is 127. The standard InChI is InChI=1S/C17H17ClIN3O3/c1-17(2,3)25-16(24)22-14-7-5-11(9-20-14)21-15(23)12-8-10(18)4-6-13(12)19/h4-9H,1-3H3,(H,21,23)(H,20,22,24). The number of benzene rings is 1. The zero-order valence-corrected chi connectivity index (χ0v) is 16.8. The average Bonchev–Trinajstić information content (AvgIpc) is 2.49. The van der Waals surface area contributed by atoms with Crippen molar-refractivity contribution in [1.82, 2.24) is 4.98 Å². The maximum atomic E-state index is 12.3. The molecule has 8 heteroatoms. The summed E-state index contributed by atoms with van der Waals surface area (Å²) < 4.78 is 5.93. The van der Waals surface area contributed by atoms with Gasteiger partial charge in [-0.2, -0.15) is 0 Å². The highest BCUT2D eigenvalue weighted by Gasteiger charge is 2.16. The maximum Gasteiger partial charge on any atom is 0.413 e. The number of ether oxygens (including phenoxy) is 1. The normalized spacial score (nSPS) is 10.9. The molecule has 0 aliphatic heterocycles. The van der Waals surface area contributed by atoms with E-state index >= 15 is 0 Å². The quantitative estimate of drug-likeness (QED) is 0.619. The second kappa shape index (κ2) is 8.01. The summed E-state index contributed by atoms with van der Waals surface area (Å²) >= 11 is 8.00. The van der Waals surface area contributed by atoms with Crippen LogP contribution in [-0.4, -0.2) is 22.6 Å². The van der Waals surface area contributed by atoms with Crippen molar-refractivity contribution in [2.24, 2.45) is 0 Å². The summed E-state index contributed by atoms with van der Waals surface area (Å²) in [6.45, 7) is 5.32. The van der Waals surface area contributed by atoms with Gasteiger partial charge in [0.1, 0.15) is 11.4 Å². The number of hydrogen-bond donors (Lipinski definition) is 2. The second-order valence-electron chi connectivity index (χ2n) is 6.14. The number of nitrogens with one attached hydrogen (secondary N) is 2. The van der Waals surface area contributed by atoms with Gasteiger partial charge in [-0.3, -0.25) is 10.1 Å². The third-order valence-corrected chi connectivity index (χ3v) is 4.00. The van der Waals surface area contributed by atoms with Gasteiger partial charge in [0.2, 0.25) is 0 Å². The number of rotatable bonds is 3. The van der Waals surface area contributed by atoms with E-state index in [-0.39, 0.29) is 5.91 Å². The van der Waals surface area contributed by atoms with Gasteiger partial charge in [-0.05, 0) is 73.7 Å². The molecule has 6 nitrogen and oxygen atoms in total. The molecule has 0 saturated heterocycles. The molecule has 0 aliphatic rings. The van der Waals surface area contributed by atoms with Crippen molar-refractivity contribution >= 4 is 57.7 Å². The zero-order chi connectivity index (χ0) is 18.6. The number of carbonyl (C=O) groups excluding carboxylic acids is 2. The molecule has 0 aliphatic carbocycles. The van der Waals surface area contributed by atoms with E-state index in [4.69, 9.17) is 16.3 Å². The summed E-state index contributed by atoms with van der Waals surface area (Å²) in [6, 6.07) is 8.30. The van der Waals surface area contributed by atoms with Crippen LogP contribution in [0.25, 0.3) is 0 Å². The first-order valence-corrected chi connectivity index (χ1v) is 8.82. The highest BCUT2D eigenvalue weighted by Crippen LogP contribution is 2.20. The molecule has 0 bridgehead atoms. The van der Waals surface area contributed by atoms with Gasteiger partial charge < -0.3 is 10.1 Å². The average molecular weight is 474 g/mol. The molecule has 0 unspecified atom stereocenters. The van der Waals surface area contributed by atoms with Gasteiger partial charge in [0.05, 0.1) is 17.4 Å². The molecular formula is C17H17ClIN3O3. The lowest BCUT2D eigenvalue weighted by Gasteiger charge is -2.19. The number of amides is 2. The molecule has 0 radical (unpaired) electrons. The van der Waals surface area contributed by atoms with Crippen molar-refractivity contribution in [3.05, 3.63) is 50.7 Å². The fourth-order valence-corrected chi connectivity index (χ4v) is 2.57. The third-order valence-electron chi connectivity index (χ3n) is 2.82. The molecule has 2 rings (SSSR count). The van der Waals surface area contributed by atoms with Gasteiger partial charge in [0.15, 0.2) is 0 Å². The van der Waals surface area contributed by atoms with Crippen molar-refractivity contribution in [3.63, 3.8) is 0 Å². The maximum absolute atomic E-state index is 12.3. The minimum Gasteiger partial charge on any atom is -0.444 e. The van der Waals surface area contributed by atoms with Gasteiger partial charge in [0, 0.05) is 8.59 Å². The van der Waals surface area contributed by atoms with Gasteiger partial charge in [-0.1, -0.05) is 11.6 Å². The summed E-state index contributed by atoms with van der Waals surface area (Å²) in [5.74, 6) is 0.0335. The van der Waals surface area contributed by atoms with E-state index in [1.165, 1.54) is 6.20 Å². The number of aromatic nitrogens is 1. The molecule has 1 aromatic carbocycles. The van der Waals surface area contributed by atoms with Crippen LogP contribution in [0.4, 0.5) is 16.3 Å². The van der Waals surface area contributed by atoms with E-state index in [2.05, 4.69) is 38.2 Å². The molecule has 0 atom stereocenters. The Morgan fingerprint density at radius 1 is 1.16 bits per heavy atom. The van der Waals surface area contributed by atoms with Gasteiger partial charge in [-0.25, -0.2) is 9.78 Å². The van der Waals surface area contributed by atoms with Gasteiger partial charge >= 0.3 is 6.09 Å². The van der Waals surface area contributed by atoms with Crippen LogP contribution >= 0.6 is 34.2 Å². The van der Waals surface area contributed by atoms with Crippen LogP contribution in [0.15, 0.2) is 36.5 Å². The topological polar surface area (TPSA) is 80.3 Å². The Morgan fingerprint density at radius 3 is 2.48 bits per heavy atom. The summed E-state index contributed by atoms with van der Waals surface area (Å²) in [4.78, 5) is 28.1. The Morgan fingerprint density at radius 2 is 1.88 bits per heavy atom. The molecule has 25 heavy (non-hydrogen) atoms. The monoisotopic (exact) mass is 473 g/mol. The zero-order valence-electron chi connectivity index (χ0n) is 13.9. The van der Waals surface area contributed by atoms with Crippen molar-refractivity contribution in [1.29, 1.82) is 0 Å². The fourth-order valence-electron chi connectivity index (χ4n) is 1.82. The number of carbonyl (C=O) groups is 2. The summed E-state index contributed by atoms with van der Waals surface area (Å²) in [6.07, 6.45) is 0.854. The number of halogens is 2. The second-order valence-corrected chi connectivity index (χ2v) is 7.74. The predicted octanol–water partition coefficient (Wildman–Crippen LogP) is 4.94. The lowest BCUT2D eigenvalue weighted by atomic mass is 10.2. The van der Waals surface area contributed by atoms with E-state index < -0.39 is 11.7 Å². The number of pyridine rings is 1. The molecule has 1 aromatic heterocycles.